The van der Waals surface area contributed by atoms with Crippen molar-refractivity contribution in [3.8, 4) is 0 Å². The molecule has 0 atom stereocenters. The summed E-state index contributed by atoms with van der Waals surface area (Å²) in [6.07, 6.45) is 4.79. The number of rotatable bonds is 14. The van der Waals surface area contributed by atoms with E-state index in [9.17, 15) is 0 Å². The molecule has 3 N–H and O–H groups in total. The highest BCUT2D eigenvalue weighted by atomic mass is 14.9. The number of unbranched alkanes of at least 4 members (excludes halogenated alkanes) is 2. The van der Waals surface area contributed by atoms with E-state index in [0.29, 0.717) is 0 Å². The number of nitrogens with one attached hydrogen (secondary N) is 3. The van der Waals surface area contributed by atoms with Crippen LogP contribution in [0.5, 0.6) is 0 Å². The molecule has 0 radical (unpaired) electrons. The summed E-state index contributed by atoms with van der Waals surface area (Å²) < 4.78 is 0. The van der Waals surface area contributed by atoms with Crippen LogP contribution in [0, 0.1) is 0 Å². The number of hydrogen-bond donors (Lipinski definition) is 3. The zero-order chi connectivity index (χ0) is 27.7. The molecule has 0 aliphatic rings. The smallest absolute Gasteiger partial charge is 0.0217 e. The quantitative estimate of drug-likeness (QED) is 0.0962. The summed E-state index contributed by atoms with van der Waals surface area (Å²) in [5, 5.41) is 21.8. The lowest BCUT2D eigenvalue weighted by atomic mass is 9.97. The maximum atomic E-state index is 3.71. The Kier molecular flexibility index (Phi) is 9.18. The van der Waals surface area contributed by atoms with Gasteiger partial charge in [0.15, 0.2) is 0 Å². The second-order valence-electron chi connectivity index (χ2n) is 11.1. The number of hydrogen-bond acceptors (Lipinski definition) is 3. The molecule has 0 spiro atoms. The van der Waals surface area contributed by atoms with Crippen LogP contribution in [0.3, 0.4) is 0 Å². The maximum absolute atomic E-state index is 3.71. The highest BCUT2D eigenvalue weighted by Crippen LogP contribution is 2.29. The van der Waals surface area contributed by atoms with Gasteiger partial charge in [0.1, 0.15) is 0 Å². The van der Waals surface area contributed by atoms with Crippen LogP contribution in [0.15, 0.2) is 109 Å². The van der Waals surface area contributed by atoms with Crippen molar-refractivity contribution in [3.05, 3.63) is 120 Å². The molecular formula is C38H41N3. The van der Waals surface area contributed by atoms with E-state index in [4.69, 9.17) is 0 Å². The van der Waals surface area contributed by atoms with Gasteiger partial charge in [0.25, 0.3) is 0 Å². The molecule has 0 heterocycles. The number of benzene rings is 6. The molecule has 208 valence electrons. The zero-order valence-electron chi connectivity index (χ0n) is 24.0. The maximum Gasteiger partial charge on any atom is 0.0217 e. The fourth-order valence-electron chi connectivity index (χ4n) is 6.15. The van der Waals surface area contributed by atoms with Crippen LogP contribution < -0.4 is 16.0 Å². The van der Waals surface area contributed by atoms with Crippen molar-refractivity contribution in [1.29, 1.82) is 0 Å². The Morgan fingerprint density at radius 1 is 0.341 bits per heavy atom. The minimum atomic E-state index is 0.914. The second-order valence-corrected chi connectivity index (χ2v) is 11.1. The molecule has 6 rings (SSSR count). The van der Waals surface area contributed by atoms with Gasteiger partial charge in [-0.15, -0.1) is 0 Å². The molecule has 0 bridgehead atoms. The summed E-state index contributed by atoms with van der Waals surface area (Å²) in [4.78, 5) is 0. The number of fused-ring (bicyclic) bond motifs is 4. The van der Waals surface area contributed by atoms with Crippen molar-refractivity contribution in [2.24, 2.45) is 0 Å². The van der Waals surface area contributed by atoms with E-state index in [0.717, 1.165) is 39.3 Å². The van der Waals surface area contributed by atoms with Crippen LogP contribution in [0.1, 0.15) is 36.8 Å². The SMILES string of the molecule is c1ccc2c(CNCCCCNCCCCNCc3c4ccccc4cc4ccccc34)c3ccccc3cc2c1. The Hall–Kier alpha value is -3.76. The molecule has 0 aliphatic carbocycles. The summed E-state index contributed by atoms with van der Waals surface area (Å²) in [5.41, 5.74) is 2.83. The van der Waals surface area contributed by atoms with E-state index in [1.807, 2.05) is 0 Å². The van der Waals surface area contributed by atoms with Crippen LogP contribution in [0.4, 0.5) is 0 Å². The largest absolute Gasteiger partial charge is 0.317 e. The first-order chi connectivity index (χ1) is 20.4. The van der Waals surface area contributed by atoms with E-state index in [2.05, 4.69) is 125 Å². The normalized spacial score (nSPS) is 11.7. The predicted octanol–water partition coefficient (Wildman–Crippen LogP) is 8.33. The van der Waals surface area contributed by atoms with Gasteiger partial charge in [0.2, 0.25) is 0 Å². The highest BCUT2D eigenvalue weighted by molar-refractivity contribution is 6.03. The molecule has 6 aromatic carbocycles. The molecule has 0 saturated carbocycles. The summed E-state index contributed by atoms with van der Waals surface area (Å²) in [6.45, 7) is 6.11. The minimum Gasteiger partial charge on any atom is -0.317 e. The van der Waals surface area contributed by atoms with Crippen LogP contribution in [0.25, 0.3) is 43.1 Å². The van der Waals surface area contributed by atoms with Crippen LogP contribution in [0.2, 0.25) is 0 Å². The van der Waals surface area contributed by atoms with Crippen molar-refractivity contribution in [3.63, 3.8) is 0 Å². The molecule has 0 aromatic heterocycles. The van der Waals surface area contributed by atoms with E-state index in [-0.39, 0.29) is 0 Å². The van der Waals surface area contributed by atoms with Crippen LogP contribution in [-0.4, -0.2) is 26.2 Å². The van der Waals surface area contributed by atoms with Crippen molar-refractivity contribution in [1.82, 2.24) is 16.0 Å². The van der Waals surface area contributed by atoms with Crippen LogP contribution >= 0.6 is 0 Å². The van der Waals surface area contributed by atoms with Crippen molar-refractivity contribution < 1.29 is 0 Å². The van der Waals surface area contributed by atoms with Gasteiger partial charge in [-0.25, -0.2) is 0 Å². The van der Waals surface area contributed by atoms with Crippen molar-refractivity contribution in [2.75, 3.05) is 26.2 Å². The van der Waals surface area contributed by atoms with E-state index < -0.39 is 0 Å². The highest BCUT2D eigenvalue weighted by Gasteiger charge is 2.08. The lowest BCUT2D eigenvalue weighted by Gasteiger charge is -2.13. The fourth-order valence-corrected chi connectivity index (χ4v) is 6.15. The van der Waals surface area contributed by atoms with Crippen LogP contribution in [-0.2, 0) is 13.1 Å². The standard InChI is InChI=1S/C38H41N3/c1-5-17-33-29(13-1)25-30-14-2-6-18-34(30)37(33)27-40-23-11-9-21-39-22-10-12-24-41-28-38-35-19-7-3-15-31(35)26-32-16-4-8-20-36(32)38/h1-8,13-20,25-26,39-41H,9-12,21-24,27-28H2. The first-order valence-corrected chi connectivity index (χ1v) is 15.3. The van der Waals surface area contributed by atoms with E-state index >= 15 is 0 Å². The van der Waals surface area contributed by atoms with Gasteiger partial charge in [0.05, 0.1) is 0 Å². The Bertz CT molecular complexity index is 1500. The summed E-state index contributed by atoms with van der Waals surface area (Å²) in [6, 6.07) is 39.6. The monoisotopic (exact) mass is 539 g/mol. The van der Waals surface area contributed by atoms with Gasteiger partial charge < -0.3 is 16.0 Å². The topological polar surface area (TPSA) is 36.1 Å². The van der Waals surface area contributed by atoms with Gasteiger partial charge in [-0.05, 0) is 118 Å². The third-order valence-electron chi connectivity index (χ3n) is 8.28. The van der Waals surface area contributed by atoms with Gasteiger partial charge in [-0.1, -0.05) is 97.1 Å². The fraction of sp³-hybridized carbons (Fsp3) is 0.263. The summed E-state index contributed by atoms with van der Waals surface area (Å²) >= 11 is 0. The van der Waals surface area contributed by atoms with Crippen molar-refractivity contribution >= 4 is 43.1 Å². The van der Waals surface area contributed by atoms with E-state index in [1.54, 1.807) is 0 Å². The average Bonchev–Trinajstić information content (AvgIpc) is 3.02. The molecule has 0 unspecified atom stereocenters. The predicted molar refractivity (Wildman–Crippen MR) is 178 cm³/mol. The molecule has 0 amide bonds. The van der Waals surface area contributed by atoms with E-state index in [1.165, 1.54) is 79.9 Å². The molecule has 3 nitrogen and oxygen atoms in total. The second kappa shape index (κ2) is 13.7. The average molecular weight is 540 g/mol. The Balaban J connectivity index is 0.871. The molecular weight excluding hydrogens is 498 g/mol. The third kappa shape index (κ3) is 6.60. The summed E-state index contributed by atoms with van der Waals surface area (Å²) in [5.74, 6) is 0. The molecule has 41 heavy (non-hydrogen) atoms. The molecule has 3 heteroatoms. The first kappa shape index (κ1) is 27.4. The first-order valence-electron chi connectivity index (χ1n) is 15.3. The third-order valence-corrected chi connectivity index (χ3v) is 8.28. The van der Waals surface area contributed by atoms with Crippen molar-refractivity contribution in [2.45, 2.75) is 38.8 Å². The van der Waals surface area contributed by atoms with Gasteiger partial charge in [-0.2, -0.15) is 0 Å². The zero-order valence-corrected chi connectivity index (χ0v) is 24.0. The van der Waals surface area contributed by atoms with Gasteiger partial charge >= 0.3 is 0 Å². The lowest BCUT2D eigenvalue weighted by molar-refractivity contribution is 0.554. The van der Waals surface area contributed by atoms with Gasteiger partial charge in [0, 0.05) is 13.1 Å². The lowest BCUT2D eigenvalue weighted by Crippen LogP contribution is -2.21. The molecule has 0 aliphatic heterocycles. The Morgan fingerprint density at radius 2 is 0.634 bits per heavy atom. The Morgan fingerprint density at radius 3 is 0.976 bits per heavy atom. The minimum absolute atomic E-state index is 0.914. The molecule has 6 aromatic rings. The summed E-state index contributed by atoms with van der Waals surface area (Å²) in [7, 11) is 0. The van der Waals surface area contributed by atoms with Gasteiger partial charge in [-0.3, -0.25) is 0 Å². The Labute approximate surface area is 244 Å². The molecule has 0 fully saturated rings. The molecule has 0 saturated heterocycles.